The van der Waals surface area contributed by atoms with Crippen LogP contribution in [-0.4, -0.2) is 100 Å². The Kier molecular flexibility index (Phi) is 7.68. The number of carboxylic acid groups (broad SMARTS) is 1. The molecule has 11 heteroatoms. The van der Waals surface area contributed by atoms with Crippen LogP contribution in [0.5, 0.6) is 0 Å². The summed E-state index contributed by atoms with van der Waals surface area (Å²) < 4.78 is 10.3. The predicted octanol–water partition coefficient (Wildman–Crippen LogP) is -2.64. The number of aliphatic carboxylic acids is 1. The van der Waals surface area contributed by atoms with E-state index in [-0.39, 0.29) is 11.6 Å². The number of aliphatic hydroxyl groups is 3. The van der Waals surface area contributed by atoms with Gasteiger partial charge in [0.05, 0.1) is 18.8 Å². The van der Waals surface area contributed by atoms with Crippen molar-refractivity contribution in [2.75, 3.05) is 27.3 Å². The minimum atomic E-state index is -2.26. The zero-order valence-corrected chi connectivity index (χ0v) is 14.3. The molecule has 6 N–H and O–H groups in total. The van der Waals surface area contributed by atoms with Gasteiger partial charge in [-0.05, 0) is 7.05 Å². The minimum absolute atomic E-state index is 0.209. The van der Waals surface area contributed by atoms with Crippen molar-refractivity contribution in [3.8, 4) is 0 Å². The van der Waals surface area contributed by atoms with E-state index in [9.17, 15) is 35.2 Å². The van der Waals surface area contributed by atoms with Crippen LogP contribution in [0.2, 0.25) is 0 Å². The van der Waals surface area contributed by atoms with Gasteiger partial charge in [-0.3, -0.25) is 10.0 Å². The number of carbonyl (C=O) groups excluding carboxylic acids is 1. The number of hydrogen-bond donors (Lipinski definition) is 6. The largest absolute Gasteiger partial charge is 0.477 e. The van der Waals surface area contributed by atoms with Crippen LogP contribution >= 0.6 is 0 Å². The van der Waals surface area contributed by atoms with Crippen LogP contribution in [0.15, 0.2) is 0 Å². The summed E-state index contributed by atoms with van der Waals surface area (Å²) in [6, 6.07) is -1.45. The Labute approximate surface area is 144 Å². The first-order valence-electron chi connectivity index (χ1n) is 7.74. The Hall–Kier alpha value is -1.34. The fourth-order valence-electron chi connectivity index (χ4n) is 2.71. The molecular formula is C14H26N2O9. The quantitative estimate of drug-likeness (QED) is 0.197. The molecule has 6 atom stereocenters. The maximum absolute atomic E-state index is 11.9. The number of nitrogens with one attached hydrogen (secondary N) is 1. The van der Waals surface area contributed by atoms with Crippen LogP contribution in [0.1, 0.15) is 13.3 Å². The van der Waals surface area contributed by atoms with Gasteiger partial charge in [-0.1, -0.05) is 6.92 Å². The van der Waals surface area contributed by atoms with Crippen molar-refractivity contribution in [1.82, 2.24) is 10.4 Å². The van der Waals surface area contributed by atoms with Crippen LogP contribution in [0, 0.1) is 5.92 Å². The van der Waals surface area contributed by atoms with Crippen molar-refractivity contribution >= 4 is 11.9 Å². The molecule has 1 heterocycles. The summed E-state index contributed by atoms with van der Waals surface area (Å²) in [5, 5.41) is 52.3. The van der Waals surface area contributed by atoms with Crippen molar-refractivity contribution < 1.29 is 44.7 Å². The van der Waals surface area contributed by atoms with E-state index >= 15 is 0 Å². The number of carbonyl (C=O) groups is 2. The first-order valence-corrected chi connectivity index (χ1v) is 7.74. The molecule has 0 spiro atoms. The van der Waals surface area contributed by atoms with Crippen LogP contribution in [0.3, 0.4) is 0 Å². The molecule has 1 fully saturated rings. The highest BCUT2D eigenvalue weighted by Gasteiger charge is 2.56. The van der Waals surface area contributed by atoms with Gasteiger partial charge in [0.2, 0.25) is 0 Å². The number of rotatable bonds is 8. The lowest BCUT2D eigenvalue weighted by atomic mass is 9.86. The first-order chi connectivity index (χ1) is 11.6. The molecule has 0 aliphatic carbocycles. The summed E-state index contributed by atoms with van der Waals surface area (Å²) in [7, 11) is 2.53. The minimum Gasteiger partial charge on any atom is -0.477 e. The predicted molar refractivity (Wildman–Crippen MR) is 81.5 cm³/mol. The molecule has 0 bridgehead atoms. The average Bonchev–Trinajstić information content (AvgIpc) is 2.58. The number of hydrogen-bond acceptors (Lipinski definition) is 9. The third-order valence-electron chi connectivity index (χ3n) is 4.26. The second kappa shape index (κ2) is 8.85. The molecule has 1 rings (SSSR count). The van der Waals surface area contributed by atoms with E-state index in [1.807, 2.05) is 0 Å². The molecule has 25 heavy (non-hydrogen) atoms. The molecule has 1 saturated heterocycles. The molecule has 6 unspecified atom stereocenters. The van der Waals surface area contributed by atoms with E-state index in [0.717, 1.165) is 7.11 Å². The van der Waals surface area contributed by atoms with E-state index in [4.69, 9.17) is 9.47 Å². The van der Waals surface area contributed by atoms with Crippen molar-refractivity contribution in [1.29, 1.82) is 0 Å². The number of methoxy groups -OCH3 is 1. The highest BCUT2D eigenvalue weighted by Crippen LogP contribution is 2.35. The third kappa shape index (κ3) is 4.44. The van der Waals surface area contributed by atoms with E-state index in [2.05, 4.69) is 5.32 Å². The molecule has 0 radical (unpaired) electrons. The van der Waals surface area contributed by atoms with Crippen molar-refractivity contribution in [2.24, 2.45) is 5.92 Å². The Bertz CT molecular complexity index is 477. The van der Waals surface area contributed by atoms with Gasteiger partial charge in [0.15, 0.2) is 0 Å². The Morgan fingerprint density at radius 1 is 1.48 bits per heavy atom. The summed E-state index contributed by atoms with van der Waals surface area (Å²) in [6.07, 6.45) is -5.16. The van der Waals surface area contributed by atoms with Crippen molar-refractivity contribution in [3.05, 3.63) is 0 Å². The highest BCUT2D eigenvalue weighted by atomic mass is 16.7. The SMILES string of the molecule is CNCC(=O)N(O)C1C(O)CC(OC)(C(=O)O)OC1C(O)C(C)CO. The standard InChI is InChI=1S/C14H26N2O9/c1-7(6-17)11(20)12-10(16(23)9(19)5-15-2)8(18)4-14(24-3,25-12)13(21)22/h7-8,10-12,15,17-18,20,23H,4-6H2,1-3H3,(H,21,22). The number of hydroxylamine groups is 2. The van der Waals surface area contributed by atoms with Crippen LogP contribution in [-0.2, 0) is 19.1 Å². The van der Waals surface area contributed by atoms with Crippen molar-refractivity contribution in [3.63, 3.8) is 0 Å². The smallest absolute Gasteiger partial charge is 0.364 e. The monoisotopic (exact) mass is 366 g/mol. The molecule has 11 nitrogen and oxygen atoms in total. The van der Waals surface area contributed by atoms with Gasteiger partial charge in [-0.15, -0.1) is 0 Å². The molecular weight excluding hydrogens is 340 g/mol. The fraction of sp³-hybridized carbons (Fsp3) is 0.857. The molecule has 146 valence electrons. The molecule has 1 aliphatic heterocycles. The molecule has 0 aromatic heterocycles. The number of carboxylic acids is 1. The second-order valence-electron chi connectivity index (χ2n) is 6.03. The Morgan fingerprint density at radius 2 is 2.08 bits per heavy atom. The zero-order chi connectivity index (χ0) is 19.4. The number of amides is 1. The van der Waals surface area contributed by atoms with Crippen LogP contribution in [0.4, 0.5) is 0 Å². The summed E-state index contributed by atoms with van der Waals surface area (Å²) in [5.74, 6) is -5.39. The van der Waals surface area contributed by atoms with Crippen molar-refractivity contribution in [2.45, 2.75) is 43.5 Å². The first kappa shape index (κ1) is 21.7. The van der Waals surface area contributed by atoms with Crippen LogP contribution in [0.25, 0.3) is 0 Å². The summed E-state index contributed by atoms with van der Waals surface area (Å²) >= 11 is 0. The van der Waals surface area contributed by atoms with E-state index in [1.165, 1.54) is 14.0 Å². The molecule has 0 aromatic carbocycles. The topological polar surface area (TPSA) is 169 Å². The average molecular weight is 366 g/mol. The lowest BCUT2D eigenvalue weighted by Crippen LogP contribution is -2.67. The zero-order valence-electron chi connectivity index (χ0n) is 14.3. The van der Waals surface area contributed by atoms with E-state index < -0.39 is 61.0 Å². The maximum Gasteiger partial charge on any atom is 0.364 e. The summed E-state index contributed by atoms with van der Waals surface area (Å²) in [6.45, 7) is 0.734. The number of likely N-dealkylation sites (N-methyl/N-ethyl adjacent to an activating group) is 1. The molecule has 1 amide bonds. The van der Waals surface area contributed by atoms with Gasteiger partial charge in [-0.25, -0.2) is 9.86 Å². The summed E-state index contributed by atoms with van der Waals surface area (Å²) in [5.41, 5.74) is 0. The number of ether oxygens (including phenoxy) is 2. The third-order valence-corrected chi connectivity index (χ3v) is 4.26. The van der Waals surface area contributed by atoms with Gasteiger partial charge in [0, 0.05) is 26.1 Å². The lowest BCUT2D eigenvalue weighted by molar-refractivity contribution is -0.325. The Morgan fingerprint density at radius 3 is 2.52 bits per heavy atom. The van der Waals surface area contributed by atoms with E-state index in [1.54, 1.807) is 0 Å². The van der Waals surface area contributed by atoms with Crippen LogP contribution < -0.4 is 5.32 Å². The van der Waals surface area contributed by atoms with Gasteiger partial charge in [-0.2, -0.15) is 0 Å². The molecule has 0 aromatic rings. The van der Waals surface area contributed by atoms with Gasteiger partial charge >= 0.3 is 5.97 Å². The van der Waals surface area contributed by atoms with Gasteiger partial charge in [0.1, 0.15) is 12.1 Å². The lowest BCUT2D eigenvalue weighted by Gasteiger charge is -2.47. The Balaban J connectivity index is 3.24. The molecule has 1 aliphatic rings. The molecule has 0 saturated carbocycles. The van der Waals surface area contributed by atoms with E-state index in [0.29, 0.717) is 0 Å². The fourth-order valence-corrected chi connectivity index (χ4v) is 2.71. The maximum atomic E-state index is 11.9. The van der Waals surface area contributed by atoms with Gasteiger partial charge in [0.25, 0.3) is 11.7 Å². The number of nitrogens with zero attached hydrogens (tertiary/aromatic N) is 1. The van der Waals surface area contributed by atoms with Gasteiger partial charge < -0.3 is 35.2 Å². The highest BCUT2D eigenvalue weighted by molar-refractivity contribution is 5.78. The number of aliphatic hydroxyl groups excluding tert-OH is 3. The second-order valence-corrected chi connectivity index (χ2v) is 6.03. The summed E-state index contributed by atoms with van der Waals surface area (Å²) in [4.78, 5) is 23.5. The normalized spacial score (nSPS) is 32.0.